The van der Waals surface area contributed by atoms with Crippen molar-refractivity contribution in [1.29, 1.82) is 0 Å². The molecule has 2 aliphatic rings. The van der Waals surface area contributed by atoms with Crippen LogP contribution < -0.4 is 15.3 Å². The number of quaternary nitrogens is 1. The van der Waals surface area contributed by atoms with Crippen molar-refractivity contribution >= 4 is 40.9 Å². The van der Waals surface area contributed by atoms with Gasteiger partial charge in [-0.3, -0.25) is 4.90 Å². The molecule has 0 spiro atoms. The van der Waals surface area contributed by atoms with Crippen molar-refractivity contribution in [3.8, 4) is 0 Å². The smallest absolute Gasteiger partial charge is 0.414 e. The van der Waals surface area contributed by atoms with Gasteiger partial charge in [0.1, 0.15) is 12.4 Å². The van der Waals surface area contributed by atoms with Gasteiger partial charge in [0, 0.05) is 18.7 Å². The van der Waals surface area contributed by atoms with E-state index in [0.29, 0.717) is 30.9 Å². The zero-order chi connectivity index (χ0) is 19.6. The van der Waals surface area contributed by atoms with Gasteiger partial charge in [0.05, 0.1) is 24.9 Å². The Morgan fingerprint density at radius 1 is 1.48 bits per heavy atom. The van der Waals surface area contributed by atoms with Crippen LogP contribution in [0.1, 0.15) is 11.7 Å². The first-order valence-electron chi connectivity index (χ1n) is 8.32. The van der Waals surface area contributed by atoms with E-state index in [2.05, 4.69) is 5.32 Å². The van der Waals surface area contributed by atoms with E-state index >= 15 is 0 Å². The predicted octanol–water partition coefficient (Wildman–Crippen LogP) is 0.525. The largest absolute Gasteiger partial charge is 0.627 e. The maximum Gasteiger partial charge on any atom is 0.414 e. The number of benzene rings is 1. The van der Waals surface area contributed by atoms with E-state index in [4.69, 9.17) is 32.7 Å². The van der Waals surface area contributed by atoms with E-state index in [0.717, 1.165) is 0 Å². The maximum atomic E-state index is 14.5. The highest BCUT2D eigenvalue weighted by molar-refractivity contribution is 6.52. The second-order valence-electron chi connectivity index (χ2n) is 6.18. The Morgan fingerprint density at radius 2 is 2.26 bits per heavy atom. The summed E-state index contributed by atoms with van der Waals surface area (Å²) in [5.74, 6) is -1.46. The highest BCUT2D eigenvalue weighted by atomic mass is 35.5. The van der Waals surface area contributed by atoms with Crippen LogP contribution >= 0.6 is 23.2 Å². The second kappa shape index (κ2) is 8.68. The van der Waals surface area contributed by atoms with E-state index in [1.54, 1.807) is 12.1 Å². The SMILES string of the molecule is O=C1O[C@H](C[NH+]([O-])C(=O)C(Cl)Cl)CN1c1ccc(C2CNCCO2)c(F)c1. The predicted molar refractivity (Wildman–Crippen MR) is 95.3 cm³/mol. The molecule has 27 heavy (non-hydrogen) atoms. The third-order valence-electron chi connectivity index (χ3n) is 4.33. The van der Waals surface area contributed by atoms with Gasteiger partial charge in [-0.05, 0) is 12.1 Å². The quantitative estimate of drug-likeness (QED) is 0.531. The minimum Gasteiger partial charge on any atom is -0.627 e. The number of hydroxylamine groups is 2. The number of carbonyl (C=O) groups excluding carboxylic acids is 2. The molecule has 1 aromatic carbocycles. The van der Waals surface area contributed by atoms with Crippen molar-refractivity contribution in [2.75, 3.05) is 37.7 Å². The molecule has 148 valence electrons. The first-order chi connectivity index (χ1) is 12.9. The molecule has 3 rings (SSSR count). The van der Waals surface area contributed by atoms with Gasteiger partial charge in [0.25, 0.3) is 0 Å². The molecule has 2 N–H and O–H groups in total. The highest BCUT2D eigenvalue weighted by Crippen LogP contribution is 2.28. The lowest BCUT2D eigenvalue weighted by atomic mass is 10.1. The maximum absolute atomic E-state index is 14.5. The molecule has 0 saturated carbocycles. The molecule has 2 heterocycles. The van der Waals surface area contributed by atoms with Gasteiger partial charge >= 0.3 is 12.0 Å². The van der Waals surface area contributed by atoms with Gasteiger partial charge in [-0.2, -0.15) is 0 Å². The average molecular weight is 422 g/mol. The topological polar surface area (TPSA) is 95.4 Å². The molecule has 3 atom stereocenters. The molecular weight excluding hydrogens is 404 g/mol. The molecule has 8 nitrogen and oxygen atoms in total. The molecule has 2 unspecified atom stereocenters. The Labute approximate surface area is 164 Å². The number of hydrogen-bond donors (Lipinski definition) is 2. The molecule has 0 bridgehead atoms. The summed E-state index contributed by atoms with van der Waals surface area (Å²) in [7, 11) is 0. The summed E-state index contributed by atoms with van der Waals surface area (Å²) < 4.78 is 25.1. The van der Waals surface area contributed by atoms with E-state index in [-0.39, 0.29) is 13.1 Å². The molecule has 2 saturated heterocycles. The lowest BCUT2D eigenvalue weighted by Gasteiger charge is -2.25. The molecule has 2 amide bonds. The number of alkyl halides is 2. The summed E-state index contributed by atoms with van der Waals surface area (Å²) in [6.45, 7) is 1.38. The van der Waals surface area contributed by atoms with Crippen LogP contribution in [-0.2, 0) is 14.3 Å². The molecule has 11 heteroatoms. The number of cyclic esters (lactones) is 1. The number of ether oxygens (including phenoxy) is 2. The number of carbonyl (C=O) groups is 2. The number of nitrogens with one attached hydrogen (secondary N) is 2. The minimum atomic E-state index is -1.45. The third-order valence-corrected chi connectivity index (χ3v) is 4.73. The second-order valence-corrected chi connectivity index (χ2v) is 7.27. The van der Waals surface area contributed by atoms with Crippen LogP contribution in [0.15, 0.2) is 18.2 Å². The number of anilines is 1. The minimum absolute atomic E-state index is 0.00730. The van der Waals surface area contributed by atoms with Crippen molar-refractivity contribution in [2.45, 2.75) is 17.0 Å². The first-order valence-corrected chi connectivity index (χ1v) is 9.19. The fourth-order valence-corrected chi connectivity index (χ4v) is 3.22. The lowest BCUT2D eigenvalue weighted by molar-refractivity contribution is -0.768. The zero-order valence-corrected chi connectivity index (χ0v) is 15.6. The number of hydrogen-bond acceptors (Lipinski definition) is 6. The van der Waals surface area contributed by atoms with Crippen LogP contribution in [0.2, 0.25) is 0 Å². The van der Waals surface area contributed by atoms with Gasteiger partial charge in [-0.1, -0.05) is 29.3 Å². The highest BCUT2D eigenvalue weighted by Gasteiger charge is 2.36. The number of morpholine rings is 1. The third kappa shape index (κ3) is 4.68. The van der Waals surface area contributed by atoms with E-state index in [9.17, 15) is 19.2 Å². The first kappa shape index (κ1) is 20.2. The van der Waals surface area contributed by atoms with Crippen molar-refractivity contribution in [3.05, 3.63) is 34.8 Å². The van der Waals surface area contributed by atoms with Crippen molar-refractivity contribution in [3.63, 3.8) is 0 Å². The number of halogens is 3. The average Bonchev–Trinajstić information content (AvgIpc) is 3.01. The van der Waals surface area contributed by atoms with E-state index in [1.807, 2.05) is 0 Å². The summed E-state index contributed by atoms with van der Waals surface area (Å²) in [6.07, 6.45) is -1.96. The van der Waals surface area contributed by atoms with Gasteiger partial charge < -0.3 is 25.1 Å². The van der Waals surface area contributed by atoms with E-state index < -0.39 is 39.9 Å². The number of nitrogens with zero attached hydrogens (tertiary/aromatic N) is 1. The Hall–Kier alpha value is -1.49. The fourth-order valence-electron chi connectivity index (χ4n) is 2.98. The number of amides is 2. The molecule has 1 aromatic rings. The number of rotatable bonds is 5. The molecule has 0 aliphatic carbocycles. The van der Waals surface area contributed by atoms with Crippen LogP contribution in [0.5, 0.6) is 0 Å². The van der Waals surface area contributed by atoms with E-state index in [1.165, 1.54) is 11.0 Å². The van der Waals surface area contributed by atoms with Crippen LogP contribution in [0.25, 0.3) is 0 Å². The summed E-state index contributed by atoms with van der Waals surface area (Å²) in [6, 6.07) is 4.36. The fraction of sp³-hybridized carbons (Fsp3) is 0.500. The van der Waals surface area contributed by atoms with Crippen LogP contribution in [-0.4, -0.2) is 55.7 Å². The van der Waals surface area contributed by atoms with Crippen molar-refractivity contribution in [2.24, 2.45) is 0 Å². The van der Waals surface area contributed by atoms with Gasteiger partial charge in [0.2, 0.25) is 4.84 Å². The Morgan fingerprint density at radius 3 is 2.89 bits per heavy atom. The monoisotopic (exact) mass is 421 g/mol. The summed E-state index contributed by atoms with van der Waals surface area (Å²) in [5, 5.41) is 14.1. The Kier molecular flexibility index (Phi) is 6.51. The van der Waals surface area contributed by atoms with Crippen LogP contribution in [0.3, 0.4) is 0 Å². The molecule has 2 aliphatic heterocycles. The van der Waals surface area contributed by atoms with Crippen molar-refractivity contribution < 1.29 is 28.5 Å². The molecule has 0 aromatic heterocycles. The summed E-state index contributed by atoms with van der Waals surface area (Å²) in [5.41, 5.74) is 0.685. The Balaban J connectivity index is 1.67. The summed E-state index contributed by atoms with van der Waals surface area (Å²) >= 11 is 10.8. The molecule has 0 radical (unpaired) electrons. The van der Waals surface area contributed by atoms with Crippen LogP contribution in [0.4, 0.5) is 14.9 Å². The molecular formula is C16H18Cl2FN3O5. The van der Waals surface area contributed by atoms with Gasteiger partial charge in [-0.15, -0.1) is 0 Å². The van der Waals surface area contributed by atoms with Gasteiger partial charge in [-0.25, -0.2) is 14.0 Å². The normalized spacial score (nSPS) is 24.2. The van der Waals surface area contributed by atoms with Crippen LogP contribution in [0, 0.1) is 11.0 Å². The summed E-state index contributed by atoms with van der Waals surface area (Å²) in [4.78, 5) is 23.3. The molecule has 2 fully saturated rings. The zero-order valence-electron chi connectivity index (χ0n) is 14.1. The Bertz CT molecular complexity index is 717. The lowest BCUT2D eigenvalue weighted by Crippen LogP contribution is -3.12. The standard InChI is InChI=1S/C16H18Cl2FN3O5/c17-14(18)15(23)22(25)8-10-7-21(16(24)27-10)9-1-2-11(12(19)5-9)13-6-20-3-4-26-13/h1-2,5,10,13-14,20,22H,3-4,6-8H2/t10-,13?/m0/s1. The van der Waals surface area contributed by atoms with Gasteiger partial charge in [0.15, 0.2) is 6.10 Å². The van der Waals surface area contributed by atoms with Crippen molar-refractivity contribution in [1.82, 2.24) is 5.32 Å².